The highest BCUT2D eigenvalue weighted by Gasteiger charge is 2.07. The first-order valence-electron chi connectivity index (χ1n) is 6.27. The lowest BCUT2D eigenvalue weighted by Crippen LogP contribution is -2.15. The molecule has 0 amide bonds. The highest BCUT2D eigenvalue weighted by atomic mass is 16.1. The van der Waals surface area contributed by atoms with E-state index in [-0.39, 0.29) is 24.4 Å². The van der Waals surface area contributed by atoms with E-state index in [2.05, 4.69) is 5.10 Å². The van der Waals surface area contributed by atoms with Gasteiger partial charge in [0.05, 0.1) is 13.0 Å². The zero-order valence-corrected chi connectivity index (χ0v) is 11.7. The molecule has 0 aliphatic carbocycles. The Kier molecular flexibility index (Phi) is 5.93. The van der Waals surface area contributed by atoms with Crippen LogP contribution in [0.15, 0.2) is 35.4 Å². The van der Waals surface area contributed by atoms with E-state index in [1.165, 1.54) is 6.92 Å². The second-order valence-corrected chi connectivity index (χ2v) is 4.73. The molecule has 0 aliphatic rings. The monoisotopic (exact) mass is 260 g/mol. The van der Waals surface area contributed by atoms with Crippen LogP contribution < -0.4 is 0 Å². The Labute approximate surface area is 114 Å². The van der Waals surface area contributed by atoms with Gasteiger partial charge >= 0.3 is 0 Å². The third-order valence-electron chi connectivity index (χ3n) is 2.49. The number of hydrogen-bond donors (Lipinski definition) is 0. The quantitative estimate of drug-likeness (QED) is 0.430. The summed E-state index contributed by atoms with van der Waals surface area (Å²) in [5, 5.41) is 6.13. The lowest BCUT2D eigenvalue weighted by atomic mass is 10.1. The number of Topliss-reactive ketones (excluding diaryl/α,β-unsaturated/α-hetero) is 2. The summed E-state index contributed by atoms with van der Waals surface area (Å²) in [6, 6.07) is 10.00. The van der Waals surface area contributed by atoms with Gasteiger partial charge in [0.25, 0.3) is 0 Å². The van der Waals surface area contributed by atoms with Crippen molar-refractivity contribution in [3.63, 3.8) is 0 Å². The summed E-state index contributed by atoms with van der Waals surface area (Å²) in [5.41, 5.74) is 1.89. The van der Waals surface area contributed by atoms with Crippen LogP contribution in [0, 0.1) is 0 Å². The van der Waals surface area contributed by atoms with Gasteiger partial charge in [0.2, 0.25) is 0 Å². The largest absolute Gasteiger partial charge is 0.300 e. The molecule has 4 heteroatoms. The molecule has 1 aromatic rings. The van der Waals surface area contributed by atoms with Crippen LogP contribution in [0.25, 0.3) is 0 Å². The molecular formula is C15H20N2O2. The summed E-state index contributed by atoms with van der Waals surface area (Å²) in [7, 11) is 1.87. The molecule has 0 fully saturated rings. The van der Waals surface area contributed by atoms with Crippen LogP contribution in [0.1, 0.15) is 32.3 Å². The maximum absolute atomic E-state index is 11.5. The average molecular weight is 260 g/mol. The Balaban J connectivity index is 2.49. The fourth-order valence-corrected chi connectivity index (χ4v) is 1.84. The summed E-state index contributed by atoms with van der Waals surface area (Å²) in [6.07, 6.45) is 0.230. The van der Waals surface area contributed by atoms with Crippen molar-refractivity contribution in [2.45, 2.75) is 33.2 Å². The van der Waals surface area contributed by atoms with Gasteiger partial charge in [-0.15, -0.1) is 0 Å². The van der Waals surface area contributed by atoms with Crippen molar-refractivity contribution in [2.24, 2.45) is 5.10 Å². The zero-order chi connectivity index (χ0) is 14.3. The van der Waals surface area contributed by atoms with Crippen LogP contribution in [0.5, 0.6) is 0 Å². The van der Waals surface area contributed by atoms with Crippen molar-refractivity contribution >= 4 is 17.3 Å². The van der Waals surface area contributed by atoms with E-state index < -0.39 is 0 Å². The van der Waals surface area contributed by atoms with E-state index in [0.717, 1.165) is 11.3 Å². The van der Waals surface area contributed by atoms with Crippen molar-refractivity contribution in [1.82, 2.24) is 5.01 Å². The van der Waals surface area contributed by atoms with E-state index >= 15 is 0 Å². The molecule has 0 atom stereocenters. The van der Waals surface area contributed by atoms with Crippen LogP contribution >= 0.6 is 0 Å². The van der Waals surface area contributed by atoms with E-state index in [4.69, 9.17) is 0 Å². The summed E-state index contributed by atoms with van der Waals surface area (Å²) < 4.78 is 0. The fourth-order valence-electron chi connectivity index (χ4n) is 1.84. The molecule has 0 N–H and O–H groups in total. The molecule has 0 aliphatic heterocycles. The predicted molar refractivity (Wildman–Crippen MR) is 75.9 cm³/mol. The van der Waals surface area contributed by atoms with Crippen LogP contribution in [0.3, 0.4) is 0 Å². The lowest BCUT2D eigenvalue weighted by molar-refractivity contribution is -0.125. The van der Waals surface area contributed by atoms with Crippen LogP contribution in [0.4, 0.5) is 0 Å². The Hall–Kier alpha value is -1.97. The average Bonchev–Trinajstić information content (AvgIpc) is 2.28. The van der Waals surface area contributed by atoms with E-state index in [9.17, 15) is 9.59 Å². The van der Waals surface area contributed by atoms with Crippen LogP contribution in [-0.2, 0) is 16.1 Å². The van der Waals surface area contributed by atoms with Gasteiger partial charge in [-0.3, -0.25) is 14.6 Å². The number of carbonyl (C=O) groups is 2. The van der Waals surface area contributed by atoms with Crippen molar-refractivity contribution in [1.29, 1.82) is 0 Å². The summed E-state index contributed by atoms with van der Waals surface area (Å²) in [4.78, 5) is 22.3. The maximum atomic E-state index is 11.5. The lowest BCUT2D eigenvalue weighted by Gasteiger charge is -2.14. The summed E-state index contributed by atoms with van der Waals surface area (Å²) >= 11 is 0. The molecule has 0 radical (unpaired) electrons. The first kappa shape index (κ1) is 15.1. The number of hydrogen-bond acceptors (Lipinski definition) is 4. The maximum Gasteiger partial charge on any atom is 0.145 e. The predicted octanol–water partition coefficient (Wildman–Crippen LogP) is 2.43. The topological polar surface area (TPSA) is 49.7 Å². The van der Waals surface area contributed by atoms with Crippen molar-refractivity contribution < 1.29 is 9.59 Å². The SMILES string of the molecule is CC(=O)CC(=O)CC(C)=NN(C)Cc1ccccc1. The van der Waals surface area contributed by atoms with Gasteiger partial charge in [0.1, 0.15) is 11.6 Å². The van der Waals surface area contributed by atoms with Crippen molar-refractivity contribution in [3.05, 3.63) is 35.9 Å². The third-order valence-corrected chi connectivity index (χ3v) is 2.49. The molecular weight excluding hydrogens is 240 g/mol. The molecule has 0 spiro atoms. The number of hydrazone groups is 1. The molecule has 0 saturated carbocycles. The molecule has 0 saturated heterocycles. The van der Waals surface area contributed by atoms with Crippen molar-refractivity contribution in [3.8, 4) is 0 Å². The number of nitrogens with zero attached hydrogens (tertiary/aromatic N) is 2. The Morgan fingerprint density at radius 3 is 2.32 bits per heavy atom. The molecule has 4 nitrogen and oxygen atoms in total. The number of ketones is 2. The standard InChI is InChI=1S/C15H20N2O2/c1-12(9-15(19)10-13(2)18)16-17(3)11-14-7-5-4-6-8-14/h4-8H,9-11H2,1-3H3. The number of carbonyl (C=O) groups excluding carboxylic acids is 2. The summed E-state index contributed by atoms with van der Waals surface area (Å²) in [6.45, 7) is 3.92. The molecule has 102 valence electrons. The molecule has 0 unspecified atom stereocenters. The Bertz CT molecular complexity index is 466. The van der Waals surface area contributed by atoms with Gasteiger partial charge in [-0.2, -0.15) is 5.10 Å². The fraction of sp³-hybridized carbons (Fsp3) is 0.400. The smallest absolute Gasteiger partial charge is 0.145 e. The van der Waals surface area contributed by atoms with Crippen LogP contribution in [-0.4, -0.2) is 29.3 Å². The minimum atomic E-state index is -0.101. The number of rotatable bonds is 7. The van der Waals surface area contributed by atoms with Gasteiger partial charge in [-0.25, -0.2) is 0 Å². The Morgan fingerprint density at radius 1 is 1.11 bits per heavy atom. The molecule has 0 bridgehead atoms. The van der Waals surface area contributed by atoms with Crippen LogP contribution in [0.2, 0.25) is 0 Å². The first-order valence-corrected chi connectivity index (χ1v) is 6.27. The van der Waals surface area contributed by atoms with Gasteiger partial charge in [0.15, 0.2) is 0 Å². The zero-order valence-electron chi connectivity index (χ0n) is 11.7. The highest BCUT2D eigenvalue weighted by molar-refractivity contribution is 6.07. The van der Waals surface area contributed by atoms with Crippen molar-refractivity contribution in [2.75, 3.05) is 7.05 Å². The molecule has 1 aromatic carbocycles. The minimum absolute atomic E-state index is 0.00470. The van der Waals surface area contributed by atoms with E-state index in [1.54, 1.807) is 11.9 Å². The minimum Gasteiger partial charge on any atom is -0.300 e. The van der Waals surface area contributed by atoms with Gasteiger partial charge in [0, 0.05) is 19.2 Å². The van der Waals surface area contributed by atoms with Gasteiger partial charge in [-0.05, 0) is 19.4 Å². The normalized spacial score (nSPS) is 11.2. The molecule has 0 heterocycles. The molecule has 0 aromatic heterocycles. The third kappa shape index (κ3) is 6.50. The van der Waals surface area contributed by atoms with Gasteiger partial charge < -0.3 is 0 Å². The second-order valence-electron chi connectivity index (χ2n) is 4.73. The second kappa shape index (κ2) is 7.46. The van der Waals surface area contributed by atoms with E-state index in [1.807, 2.05) is 37.4 Å². The molecule has 19 heavy (non-hydrogen) atoms. The number of benzene rings is 1. The van der Waals surface area contributed by atoms with Gasteiger partial charge in [-0.1, -0.05) is 30.3 Å². The molecule has 1 rings (SSSR count). The Morgan fingerprint density at radius 2 is 1.74 bits per heavy atom. The highest BCUT2D eigenvalue weighted by Crippen LogP contribution is 2.04. The van der Waals surface area contributed by atoms with E-state index in [0.29, 0.717) is 6.54 Å². The summed E-state index contributed by atoms with van der Waals surface area (Å²) in [5.74, 6) is -0.183. The first-order chi connectivity index (χ1) is 8.97.